The molecule has 135 valence electrons. The number of pyridine rings is 1. The normalized spacial score (nSPS) is 11.7. The third-order valence-corrected chi connectivity index (χ3v) is 4.21. The highest BCUT2D eigenvalue weighted by Gasteiger charge is 2.33. The Morgan fingerprint density at radius 1 is 1.04 bits per heavy atom. The number of alkyl halides is 3. The van der Waals surface area contributed by atoms with E-state index in [9.17, 15) is 13.2 Å². The van der Waals surface area contributed by atoms with Crippen molar-refractivity contribution >= 4 is 16.6 Å². The molecule has 1 N–H and O–H groups in total. The van der Waals surface area contributed by atoms with Gasteiger partial charge in [-0.2, -0.15) is 13.2 Å². The third kappa shape index (κ3) is 3.51. The third-order valence-electron chi connectivity index (χ3n) is 4.21. The molecule has 2 aromatic heterocycles. The van der Waals surface area contributed by atoms with E-state index >= 15 is 0 Å². The average Bonchev–Trinajstić information content (AvgIpc) is 3.18. The molecule has 4 aromatic rings. The minimum Gasteiger partial charge on any atom is -0.467 e. The van der Waals surface area contributed by atoms with Crippen molar-refractivity contribution in [3.05, 3.63) is 84.4 Å². The summed E-state index contributed by atoms with van der Waals surface area (Å²) in [4.78, 5) is 3.92. The van der Waals surface area contributed by atoms with Gasteiger partial charge in [0.25, 0.3) is 0 Å². The number of nitrogens with one attached hydrogen (secondary N) is 1. The monoisotopic (exact) mass is 367 g/mol. The van der Waals surface area contributed by atoms with Crippen molar-refractivity contribution in [1.29, 1.82) is 0 Å². The van der Waals surface area contributed by atoms with Gasteiger partial charge >= 0.3 is 6.18 Å². The van der Waals surface area contributed by atoms with Crippen molar-refractivity contribution in [2.75, 3.05) is 5.32 Å². The summed E-state index contributed by atoms with van der Waals surface area (Å²) < 4.78 is 45.1. The van der Waals surface area contributed by atoms with Crippen molar-refractivity contribution in [3.8, 4) is 11.1 Å². The van der Waals surface area contributed by atoms with Crippen molar-refractivity contribution in [2.24, 2.45) is 0 Å². The second-order valence-electron chi connectivity index (χ2n) is 5.99. The molecule has 0 bridgehead atoms. The number of aromatic nitrogens is 1. The lowest BCUT2D eigenvalue weighted by atomic mass is 9.99. The average molecular weight is 367 g/mol. The molecule has 0 aliphatic rings. The maximum absolute atomic E-state index is 13.3. The first-order valence-electron chi connectivity index (χ1n) is 8.26. The summed E-state index contributed by atoms with van der Waals surface area (Å²) in [6.45, 7) is 0.509. The summed E-state index contributed by atoms with van der Waals surface area (Å²) in [7, 11) is 0. The SMILES string of the molecule is FC(F)(F)c1cccc2c(-c3cccc(NCc4ccco4)c3)[c]cnc12. The number of hydrogen-bond acceptors (Lipinski definition) is 3. The van der Waals surface area contributed by atoms with Gasteiger partial charge in [0.05, 0.1) is 23.9 Å². The lowest BCUT2D eigenvalue weighted by molar-refractivity contribution is -0.136. The Labute approximate surface area is 153 Å². The highest BCUT2D eigenvalue weighted by molar-refractivity contribution is 5.96. The zero-order valence-corrected chi connectivity index (χ0v) is 14.0. The molecule has 0 aliphatic heterocycles. The number of fused-ring (bicyclic) bond motifs is 1. The minimum absolute atomic E-state index is 0.0762. The van der Waals surface area contributed by atoms with Gasteiger partial charge in [-0.3, -0.25) is 4.98 Å². The molecule has 2 heterocycles. The molecule has 0 amide bonds. The van der Waals surface area contributed by atoms with Crippen LogP contribution >= 0.6 is 0 Å². The first kappa shape index (κ1) is 17.1. The summed E-state index contributed by atoms with van der Waals surface area (Å²) >= 11 is 0. The fraction of sp³-hybridized carbons (Fsp3) is 0.0952. The number of benzene rings is 2. The molecule has 6 heteroatoms. The molecule has 1 radical (unpaired) electrons. The van der Waals surface area contributed by atoms with Gasteiger partial charge in [-0.25, -0.2) is 0 Å². The summed E-state index contributed by atoms with van der Waals surface area (Å²) in [5.41, 5.74) is 1.34. The smallest absolute Gasteiger partial charge is 0.418 e. The van der Waals surface area contributed by atoms with Crippen LogP contribution < -0.4 is 5.32 Å². The van der Waals surface area contributed by atoms with Crippen LogP contribution in [0.5, 0.6) is 0 Å². The Balaban J connectivity index is 1.73. The van der Waals surface area contributed by atoms with Crippen LogP contribution in [0.3, 0.4) is 0 Å². The van der Waals surface area contributed by atoms with E-state index in [4.69, 9.17) is 4.42 Å². The van der Waals surface area contributed by atoms with Gasteiger partial charge in [-0.05, 0) is 35.9 Å². The van der Waals surface area contributed by atoms with Crippen LogP contribution in [-0.4, -0.2) is 4.98 Å². The van der Waals surface area contributed by atoms with Crippen LogP contribution in [0.2, 0.25) is 0 Å². The first-order valence-corrected chi connectivity index (χ1v) is 8.26. The molecule has 0 fully saturated rings. The summed E-state index contributed by atoms with van der Waals surface area (Å²) in [5.74, 6) is 0.788. The lowest BCUT2D eigenvalue weighted by Gasteiger charge is -2.13. The number of hydrogen-bond donors (Lipinski definition) is 1. The molecule has 0 saturated heterocycles. The molecule has 0 unspecified atom stereocenters. The van der Waals surface area contributed by atoms with E-state index < -0.39 is 11.7 Å². The van der Waals surface area contributed by atoms with Gasteiger partial charge in [0.2, 0.25) is 0 Å². The molecule has 0 aliphatic carbocycles. The van der Waals surface area contributed by atoms with Crippen LogP contribution in [0, 0.1) is 6.07 Å². The van der Waals surface area contributed by atoms with Crippen LogP contribution in [0.15, 0.2) is 71.5 Å². The van der Waals surface area contributed by atoms with Gasteiger partial charge in [0, 0.05) is 28.9 Å². The standard InChI is InChI=1S/C21H14F3N2O/c22-21(23,24)19-8-2-7-18-17(9-10-25-20(18)19)14-4-1-5-15(12-14)26-13-16-6-3-11-27-16/h1-8,10-12,26H,13H2. The molecule has 0 saturated carbocycles. The molecule has 27 heavy (non-hydrogen) atoms. The van der Waals surface area contributed by atoms with Gasteiger partial charge < -0.3 is 9.73 Å². The zero-order valence-electron chi connectivity index (χ0n) is 14.0. The molecule has 3 nitrogen and oxygen atoms in total. The Bertz CT molecular complexity index is 1070. The highest BCUT2D eigenvalue weighted by atomic mass is 19.4. The number of nitrogens with zero attached hydrogens (tertiary/aromatic N) is 1. The number of para-hydroxylation sites is 1. The maximum atomic E-state index is 13.3. The van der Waals surface area contributed by atoms with Crippen molar-refractivity contribution in [2.45, 2.75) is 12.7 Å². The molecule has 0 spiro atoms. The number of rotatable bonds is 4. The molecular formula is C21H14F3N2O. The van der Waals surface area contributed by atoms with E-state index in [0.29, 0.717) is 17.5 Å². The van der Waals surface area contributed by atoms with Crippen LogP contribution in [-0.2, 0) is 12.7 Å². The Morgan fingerprint density at radius 2 is 1.89 bits per heavy atom. The van der Waals surface area contributed by atoms with E-state index in [1.54, 1.807) is 12.3 Å². The van der Waals surface area contributed by atoms with Gasteiger partial charge in [0.15, 0.2) is 0 Å². The fourth-order valence-electron chi connectivity index (χ4n) is 2.98. The van der Waals surface area contributed by atoms with Crippen LogP contribution in [0.4, 0.5) is 18.9 Å². The quantitative estimate of drug-likeness (QED) is 0.486. The summed E-state index contributed by atoms with van der Waals surface area (Å²) in [6, 6.07) is 18.1. The summed E-state index contributed by atoms with van der Waals surface area (Å²) in [6.07, 6.45) is -1.57. The first-order chi connectivity index (χ1) is 13.0. The van der Waals surface area contributed by atoms with E-state index in [1.165, 1.54) is 12.3 Å². The Morgan fingerprint density at radius 3 is 2.67 bits per heavy atom. The van der Waals surface area contributed by atoms with E-state index in [1.807, 2.05) is 36.4 Å². The van der Waals surface area contributed by atoms with Crippen LogP contribution in [0.1, 0.15) is 11.3 Å². The molecular weight excluding hydrogens is 353 g/mol. The van der Waals surface area contributed by atoms with Gasteiger partial charge in [-0.15, -0.1) is 0 Å². The van der Waals surface area contributed by atoms with Crippen molar-refractivity contribution in [3.63, 3.8) is 0 Å². The summed E-state index contributed by atoms with van der Waals surface area (Å²) in [5, 5.41) is 3.65. The molecule has 0 atom stereocenters. The second kappa shape index (κ2) is 6.79. The van der Waals surface area contributed by atoms with Crippen molar-refractivity contribution in [1.82, 2.24) is 4.98 Å². The lowest BCUT2D eigenvalue weighted by Crippen LogP contribution is -2.06. The predicted octanol–water partition coefficient (Wildman–Crippen LogP) is 5.93. The fourth-order valence-corrected chi connectivity index (χ4v) is 2.98. The Hall–Kier alpha value is -3.28. The highest BCUT2D eigenvalue weighted by Crippen LogP contribution is 2.37. The number of halogens is 3. The topological polar surface area (TPSA) is 38.1 Å². The zero-order chi connectivity index (χ0) is 18.9. The van der Waals surface area contributed by atoms with E-state index in [0.717, 1.165) is 23.1 Å². The largest absolute Gasteiger partial charge is 0.467 e. The Kier molecular flexibility index (Phi) is 4.32. The number of anilines is 1. The second-order valence-corrected chi connectivity index (χ2v) is 5.99. The van der Waals surface area contributed by atoms with Crippen molar-refractivity contribution < 1.29 is 17.6 Å². The van der Waals surface area contributed by atoms with E-state index in [-0.39, 0.29) is 5.52 Å². The van der Waals surface area contributed by atoms with Crippen LogP contribution in [0.25, 0.3) is 22.0 Å². The molecule has 4 rings (SSSR count). The minimum atomic E-state index is -4.46. The van der Waals surface area contributed by atoms with Gasteiger partial charge in [0.1, 0.15) is 5.76 Å². The van der Waals surface area contributed by atoms with E-state index in [2.05, 4.69) is 16.4 Å². The predicted molar refractivity (Wildman–Crippen MR) is 97.1 cm³/mol. The maximum Gasteiger partial charge on any atom is 0.418 e. The molecule has 2 aromatic carbocycles. The number of furan rings is 1. The van der Waals surface area contributed by atoms with Gasteiger partial charge in [-0.1, -0.05) is 24.3 Å².